The van der Waals surface area contributed by atoms with Crippen LogP contribution in [0, 0.1) is 0 Å². The maximum Gasteiger partial charge on any atom is 0.274 e. The van der Waals surface area contributed by atoms with E-state index < -0.39 is 0 Å². The molecule has 1 amide bonds. The van der Waals surface area contributed by atoms with E-state index in [1.165, 1.54) is 0 Å². The number of nitrogens with zero attached hydrogens (tertiary/aromatic N) is 3. The summed E-state index contributed by atoms with van der Waals surface area (Å²) in [4.78, 5) is 24.0. The summed E-state index contributed by atoms with van der Waals surface area (Å²) in [5, 5.41) is 23.1. The Balaban J connectivity index is 1.83. The third-order valence-electron chi connectivity index (χ3n) is 5.72. The van der Waals surface area contributed by atoms with Gasteiger partial charge >= 0.3 is 0 Å². The molecule has 0 aliphatic carbocycles. The standard InChI is InChI=1S/C24H28N4O3/c1-27(2)9-7-14-13-25-23-16(5-6-19(29)21(14)23)15-11-18-22(20(30)12-15)17(24(31)26-18)8-10-28(3)4/h5-6,11-13,25,29-30H,7-10H2,1-4H3. The number of carbonyl (C=O) groups excluding carboxylic acids is 1. The molecular weight excluding hydrogens is 392 g/mol. The molecule has 7 heteroatoms. The Labute approximate surface area is 180 Å². The second kappa shape index (κ2) is 8.17. The Hall–Kier alpha value is -3.16. The molecule has 3 aromatic rings. The van der Waals surface area contributed by atoms with Crippen LogP contribution in [0.3, 0.4) is 0 Å². The molecule has 0 saturated heterocycles. The Morgan fingerprint density at radius 2 is 1.68 bits per heavy atom. The summed E-state index contributed by atoms with van der Waals surface area (Å²) in [5.74, 6) is -0.0132. The van der Waals surface area contributed by atoms with Crippen molar-refractivity contribution in [3.8, 4) is 22.6 Å². The van der Waals surface area contributed by atoms with Gasteiger partial charge in [0.2, 0.25) is 0 Å². The van der Waals surface area contributed by atoms with Crippen LogP contribution in [0.1, 0.15) is 12.0 Å². The first-order valence-corrected chi connectivity index (χ1v) is 10.4. The van der Waals surface area contributed by atoms with Crippen LogP contribution in [-0.4, -0.2) is 72.2 Å². The zero-order valence-electron chi connectivity index (χ0n) is 18.4. The molecule has 1 aliphatic rings. The number of hydrogen-bond acceptors (Lipinski definition) is 5. The molecule has 0 bridgehead atoms. The van der Waals surface area contributed by atoms with Gasteiger partial charge in [-0.3, -0.25) is 4.79 Å². The predicted molar refractivity (Wildman–Crippen MR) is 122 cm³/mol. The van der Waals surface area contributed by atoms with Crippen LogP contribution in [-0.2, 0) is 11.2 Å². The van der Waals surface area contributed by atoms with Gasteiger partial charge < -0.3 is 25.0 Å². The topological polar surface area (TPSA) is 92.2 Å². The molecular formula is C24H28N4O3. The molecule has 0 unspecified atom stereocenters. The SMILES string of the molecule is CN(C)CCC1=c2c(O)cc(-c3ccc(O)c4c(CCN(C)C)c[nH]c34)cc2=NC1=O. The second-order valence-corrected chi connectivity index (χ2v) is 8.59. The van der Waals surface area contributed by atoms with E-state index in [2.05, 4.69) is 14.9 Å². The van der Waals surface area contributed by atoms with Crippen molar-refractivity contribution in [2.24, 2.45) is 4.99 Å². The number of carbonyl (C=O) groups is 1. The lowest BCUT2D eigenvalue weighted by molar-refractivity contribution is -0.112. The van der Waals surface area contributed by atoms with Crippen LogP contribution >= 0.6 is 0 Å². The van der Waals surface area contributed by atoms with E-state index in [0.717, 1.165) is 40.6 Å². The molecule has 31 heavy (non-hydrogen) atoms. The van der Waals surface area contributed by atoms with Gasteiger partial charge in [0.25, 0.3) is 5.91 Å². The van der Waals surface area contributed by atoms with Gasteiger partial charge in [0.1, 0.15) is 11.5 Å². The van der Waals surface area contributed by atoms with Gasteiger partial charge in [0.05, 0.1) is 16.1 Å². The van der Waals surface area contributed by atoms with E-state index >= 15 is 0 Å². The molecule has 0 radical (unpaired) electrons. The fourth-order valence-electron chi connectivity index (χ4n) is 4.10. The van der Waals surface area contributed by atoms with Crippen LogP contribution in [0.15, 0.2) is 35.5 Å². The van der Waals surface area contributed by atoms with Crippen LogP contribution in [0.25, 0.3) is 27.6 Å². The number of aromatic amines is 1. The first-order chi connectivity index (χ1) is 14.8. The number of likely N-dealkylation sites (N-methyl/N-ethyl adjacent to an activating group) is 1. The van der Waals surface area contributed by atoms with Gasteiger partial charge in [0, 0.05) is 35.8 Å². The number of nitrogens with one attached hydrogen (secondary N) is 1. The Morgan fingerprint density at radius 1 is 0.968 bits per heavy atom. The second-order valence-electron chi connectivity index (χ2n) is 8.59. The number of aromatic hydroxyl groups is 2. The van der Waals surface area contributed by atoms with Gasteiger partial charge in [0.15, 0.2) is 0 Å². The lowest BCUT2D eigenvalue weighted by atomic mass is 9.98. The van der Waals surface area contributed by atoms with E-state index in [0.29, 0.717) is 29.1 Å². The summed E-state index contributed by atoms with van der Waals surface area (Å²) >= 11 is 0. The summed E-state index contributed by atoms with van der Waals surface area (Å²) in [7, 11) is 7.92. The summed E-state index contributed by atoms with van der Waals surface area (Å²) < 4.78 is 0. The number of amides is 1. The average Bonchev–Trinajstić information content (AvgIpc) is 3.26. The van der Waals surface area contributed by atoms with E-state index in [4.69, 9.17) is 0 Å². The van der Waals surface area contributed by atoms with Crippen molar-refractivity contribution in [3.63, 3.8) is 0 Å². The molecule has 0 spiro atoms. The van der Waals surface area contributed by atoms with Gasteiger partial charge in [-0.05, 0) is 76.4 Å². The lowest BCUT2D eigenvalue weighted by Crippen LogP contribution is -2.25. The predicted octanol–water partition coefficient (Wildman–Crippen LogP) is 1.61. The van der Waals surface area contributed by atoms with Gasteiger partial charge in [-0.25, -0.2) is 4.99 Å². The van der Waals surface area contributed by atoms with E-state index in [-0.39, 0.29) is 17.4 Å². The molecule has 2 aromatic carbocycles. The molecule has 162 valence electrons. The number of phenolic OH excluding ortho intramolecular Hbond substituents is 2. The fourth-order valence-corrected chi connectivity index (χ4v) is 4.10. The van der Waals surface area contributed by atoms with E-state index in [1.54, 1.807) is 12.1 Å². The summed E-state index contributed by atoms with van der Waals surface area (Å²) in [6.07, 6.45) is 3.25. The number of hydrogen-bond donors (Lipinski definition) is 3. The summed E-state index contributed by atoms with van der Waals surface area (Å²) in [6, 6.07) is 7.00. The van der Waals surface area contributed by atoms with Crippen LogP contribution in [0.5, 0.6) is 11.5 Å². The molecule has 0 fully saturated rings. The van der Waals surface area contributed by atoms with Crippen molar-refractivity contribution in [1.82, 2.24) is 14.8 Å². The van der Waals surface area contributed by atoms with Crippen LogP contribution in [0.4, 0.5) is 0 Å². The number of fused-ring (bicyclic) bond motifs is 2. The zero-order valence-corrected chi connectivity index (χ0v) is 18.4. The summed E-state index contributed by atoms with van der Waals surface area (Å²) in [6.45, 7) is 1.57. The van der Waals surface area contributed by atoms with Gasteiger partial charge in [-0.1, -0.05) is 0 Å². The van der Waals surface area contributed by atoms with E-state index in [9.17, 15) is 15.0 Å². The first kappa shape index (κ1) is 21.1. The Kier molecular flexibility index (Phi) is 5.56. The Bertz CT molecular complexity index is 1290. The maximum atomic E-state index is 12.5. The molecule has 0 saturated carbocycles. The van der Waals surface area contributed by atoms with Crippen molar-refractivity contribution >= 4 is 22.4 Å². The van der Waals surface area contributed by atoms with Gasteiger partial charge in [-0.2, -0.15) is 0 Å². The van der Waals surface area contributed by atoms with E-state index in [1.807, 2.05) is 51.4 Å². The lowest BCUT2D eigenvalue weighted by Gasteiger charge is -2.10. The molecule has 4 rings (SSSR count). The highest BCUT2D eigenvalue weighted by Gasteiger charge is 2.21. The highest BCUT2D eigenvalue weighted by atomic mass is 16.3. The monoisotopic (exact) mass is 420 g/mol. The third kappa shape index (κ3) is 3.94. The number of H-pyrrole nitrogens is 1. The maximum absolute atomic E-state index is 12.5. The van der Waals surface area contributed by atoms with Gasteiger partial charge in [-0.15, -0.1) is 0 Å². The van der Waals surface area contributed by atoms with Crippen LogP contribution in [0.2, 0.25) is 0 Å². The number of phenols is 2. The molecule has 7 nitrogen and oxygen atoms in total. The fraction of sp³-hybridized carbons (Fsp3) is 0.333. The number of aromatic nitrogens is 1. The molecule has 2 heterocycles. The first-order valence-electron chi connectivity index (χ1n) is 10.4. The van der Waals surface area contributed by atoms with Crippen LogP contribution < -0.4 is 10.6 Å². The Morgan fingerprint density at radius 3 is 2.39 bits per heavy atom. The average molecular weight is 421 g/mol. The smallest absolute Gasteiger partial charge is 0.274 e. The van der Waals surface area contributed by atoms with Crippen molar-refractivity contribution < 1.29 is 15.0 Å². The van der Waals surface area contributed by atoms with Crippen molar-refractivity contribution in [2.75, 3.05) is 41.3 Å². The zero-order chi connectivity index (χ0) is 22.3. The summed E-state index contributed by atoms with van der Waals surface area (Å²) in [5.41, 5.74) is 3.97. The minimum atomic E-state index is -0.286. The minimum Gasteiger partial charge on any atom is -0.507 e. The van der Waals surface area contributed by atoms with Crippen molar-refractivity contribution in [2.45, 2.75) is 12.8 Å². The van der Waals surface area contributed by atoms with Crippen molar-refractivity contribution in [3.05, 3.63) is 46.6 Å². The number of rotatable bonds is 7. The van der Waals surface area contributed by atoms with Crippen molar-refractivity contribution in [1.29, 1.82) is 0 Å². The quantitative estimate of drug-likeness (QED) is 0.540. The number of benzene rings is 2. The largest absolute Gasteiger partial charge is 0.507 e. The molecule has 1 aliphatic heterocycles. The minimum absolute atomic E-state index is 0.0523. The third-order valence-corrected chi connectivity index (χ3v) is 5.72. The molecule has 0 atom stereocenters. The molecule has 1 aromatic heterocycles. The normalized spacial score (nSPS) is 13.5. The highest BCUT2D eigenvalue weighted by Crippen LogP contribution is 2.36. The highest BCUT2D eigenvalue weighted by molar-refractivity contribution is 6.15. The molecule has 3 N–H and O–H groups in total.